The lowest BCUT2D eigenvalue weighted by molar-refractivity contribution is 0.0592. The van der Waals surface area contributed by atoms with Crippen molar-refractivity contribution in [2.24, 2.45) is 0 Å². The molecule has 0 spiro atoms. The van der Waals surface area contributed by atoms with Gasteiger partial charge in [-0.3, -0.25) is 0 Å². The molecule has 0 saturated carbocycles. The Hall–Kier alpha value is -2.29. The first-order valence-corrected chi connectivity index (χ1v) is 8.27. The molecule has 0 bridgehead atoms. The third-order valence-corrected chi connectivity index (χ3v) is 4.68. The first-order chi connectivity index (χ1) is 12.3. The van der Waals surface area contributed by atoms with Crippen molar-refractivity contribution in [1.82, 2.24) is 20.3 Å². The van der Waals surface area contributed by atoms with Crippen molar-refractivity contribution in [2.75, 3.05) is 20.3 Å². The zero-order chi connectivity index (χ0) is 17.2. The molecule has 1 aromatic heterocycles. The fourth-order valence-electron chi connectivity index (χ4n) is 3.36. The van der Waals surface area contributed by atoms with Gasteiger partial charge >= 0.3 is 5.97 Å². The zero-order valence-corrected chi connectivity index (χ0v) is 13.9. The molecule has 132 valence electrons. The number of benzene rings is 1. The van der Waals surface area contributed by atoms with Crippen molar-refractivity contribution in [2.45, 2.75) is 30.8 Å². The van der Waals surface area contributed by atoms with Gasteiger partial charge in [-0.05, 0) is 5.56 Å². The number of esters is 1. The smallest absolute Gasteiger partial charge is 0.360 e. The molecule has 0 unspecified atom stereocenters. The van der Waals surface area contributed by atoms with Gasteiger partial charge in [-0.15, -0.1) is 5.10 Å². The second kappa shape index (κ2) is 6.91. The molecule has 4 rings (SSSR count). The normalized spacial score (nSPS) is 28.0. The van der Waals surface area contributed by atoms with Crippen LogP contribution >= 0.6 is 0 Å². The first kappa shape index (κ1) is 16.2. The Kier molecular flexibility index (Phi) is 4.48. The molecule has 8 heteroatoms. The molecule has 0 amide bonds. The first-order valence-electron chi connectivity index (χ1n) is 8.27. The summed E-state index contributed by atoms with van der Waals surface area (Å²) in [4.78, 5) is 11.5. The fraction of sp³-hybridized carbons (Fsp3) is 0.471. The molecular formula is C17H20N4O4. The molecule has 8 nitrogen and oxygen atoms in total. The summed E-state index contributed by atoms with van der Waals surface area (Å²) in [5, 5.41) is 11.4. The second-order valence-electron chi connectivity index (χ2n) is 6.21. The minimum absolute atomic E-state index is 0.0421. The average Bonchev–Trinajstić information content (AvgIpc) is 3.36. The maximum Gasteiger partial charge on any atom is 0.360 e. The van der Waals surface area contributed by atoms with Gasteiger partial charge < -0.3 is 19.5 Å². The molecule has 1 aromatic carbocycles. The van der Waals surface area contributed by atoms with E-state index in [1.54, 1.807) is 10.9 Å². The lowest BCUT2D eigenvalue weighted by Gasteiger charge is -2.17. The van der Waals surface area contributed by atoms with E-state index in [0.717, 1.165) is 6.54 Å². The van der Waals surface area contributed by atoms with E-state index < -0.39 is 5.97 Å². The van der Waals surface area contributed by atoms with E-state index >= 15 is 0 Å². The molecule has 2 aliphatic heterocycles. The number of nitrogens with zero attached hydrogens (tertiary/aromatic N) is 3. The number of methoxy groups -OCH3 is 1. The van der Waals surface area contributed by atoms with E-state index in [0.29, 0.717) is 13.2 Å². The SMILES string of the molecule is COC(=O)c1cn([C@@H]2CO[C@@H]3[C@@H]2OC[C@@H]3NCc2ccccc2)nn1. The van der Waals surface area contributed by atoms with Crippen molar-refractivity contribution >= 4 is 5.97 Å². The number of rotatable bonds is 5. The van der Waals surface area contributed by atoms with Gasteiger partial charge in [0, 0.05) is 6.54 Å². The van der Waals surface area contributed by atoms with Gasteiger partial charge in [-0.1, -0.05) is 35.5 Å². The van der Waals surface area contributed by atoms with Crippen molar-refractivity contribution in [3.8, 4) is 0 Å². The number of ether oxygens (including phenoxy) is 3. The van der Waals surface area contributed by atoms with E-state index in [1.807, 2.05) is 18.2 Å². The summed E-state index contributed by atoms with van der Waals surface area (Å²) in [5.74, 6) is -0.503. The predicted molar refractivity (Wildman–Crippen MR) is 86.9 cm³/mol. The van der Waals surface area contributed by atoms with E-state index in [4.69, 9.17) is 9.47 Å². The van der Waals surface area contributed by atoms with Gasteiger partial charge in [-0.25, -0.2) is 9.48 Å². The van der Waals surface area contributed by atoms with Crippen LogP contribution in [0.2, 0.25) is 0 Å². The molecule has 1 N–H and O–H groups in total. The van der Waals surface area contributed by atoms with Crippen LogP contribution in [0.25, 0.3) is 0 Å². The summed E-state index contributed by atoms with van der Waals surface area (Å²) >= 11 is 0. The maximum atomic E-state index is 11.5. The van der Waals surface area contributed by atoms with Gasteiger partial charge in [-0.2, -0.15) is 0 Å². The van der Waals surface area contributed by atoms with Gasteiger partial charge in [0.25, 0.3) is 0 Å². The van der Waals surface area contributed by atoms with Crippen LogP contribution in [0.3, 0.4) is 0 Å². The Morgan fingerprint density at radius 1 is 1.28 bits per heavy atom. The highest BCUT2D eigenvalue weighted by Crippen LogP contribution is 2.34. The Morgan fingerprint density at radius 3 is 2.88 bits per heavy atom. The number of carbonyl (C=O) groups excluding carboxylic acids is 1. The van der Waals surface area contributed by atoms with E-state index in [1.165, 1.54) is 12.7 Å². The lowest BCUT2D eigenvalue weighted by atomic mass is 10.1. The van der Waals surface area contributed by atoms with Crippen molar-refractivity contribution in [1.29, 1.82) is 0 Å². The highest BCUT2D eigenvalue weighted by Gasteiger charge is 2.48. The maximum absolute atomic E-state index is 11.5. The number of aromatic nitrogens is 3. The van der Waals surface area contributed by atoms with Crippen LogP contribution in [0.15, 0.2) is 36.5 Å². The lowest BCUT2D eigenvalue weighted by Crippen LogP contribution is -2.40. The van der Waals surface area contributed by atoms with Crippen LogP contribution in [0, 0.1) is 0 Å². The zero-order valence-electron chi connectivity index (χ0n) is 13.9. The number of nitrogens with one attached hydrogen (secondary N) is 1. The largest absolute Gasteiger partial charge is 0.464 e. The number of carbonyl (C=O) groups is 1. The minimum Gasteiger partial charge on any atom is -0.464 e. The standard InChI is InChI=1S/C17H20N4O4/c1-23-17(22)12-8-21(20-19-12)14-10-25-15-13(9-24-16(14)15)18-7-11-5-3-2-4-6-11/h2-6,8,13-16,18H,7,9-10H2,1H3/t13-,14+,15-,16+/m0/s1. The van der Waals surface area contributed by atoms with Crippen molar-refractivity contribution < 1.29 is 19.0 Å². The summed E-state index contributed by atoms with van der Waals surface area (Å²) in [5.41, 5.74) is 1.40. The summed E-state index contributed by atoms with van der Waals surface area (Å²) in [7, 11) is 1.32. The minimum atomic E-state index is -0.503. The number of fused-ring (bicyclic) bond motifs is 1. The van der Waals surface area contributed by atoms with Gasteiger partial charge in [0.05, 0.1) is 32.6 Å². The quantitative estimate of drug-likeness (QED) is 0.793. The number of hydrogen-bond acceptors (Lipinski definition) is 7. The van der Waals surface area contributed by atoms with Crippen molar-refractivity contribution in [3.63, 3.8) is 0 Å². The third kappa shape index (κ3) is 3.15. The van der Waals surface area contributed by atoms with Crippen LogP contribution < -0.4 is 5.32 Å². The van der Waals surface area contributed by atoms with E-state index in [2.05, 4.69) is 32.5 Å². The molecule has 3 heterocycles. The van der Waals surface area contributed by atoms with Gasteiger partial charge in [0.1, 0.15) is 18.2 Å². The molecule has 2 saturated heterocycles. The van der Waals surface area contributed by atoms with Crippen LogP contribution in [0.4, 0.5) is 0 Å². The Labute approximate surface area is 145 Å². The number of hydrogen-bond donors (Lipinski definition) is 1. The molecule has 0 radical (unpaired) electrons. The van der Waals surface area contributed by atoms with E-state index in [-0.39, 0.29) is 30.0 Å². The monoisotopic (exact) mass is 344 g/mol. The highest BCUT2D eigenvalue weighted by atomic mass is 16.6. The Morgan fingerprint density at radius 2 is 2.08 bits per heavy atom. The summed E-state index contributed by atoms with van der Waals surface area (Å²) < 4.78 is 18.2. The summed E-state index contributed by atoms with van der Waals surface area (Å²) in [6.45, 7) is 1.82. The summed E-state index contributed by atoms with van der Waals surface area (Å²) in [6.07, 6.45) is 1.43. The molecule has 2 aromatic rings. The van der Waals surface area contributed by atoms with Gasteiger partial charge in [0.15, 0.2) is 5.69 Å². The molecule has 2 aliphatic rings. The molecule has 0 aliphatic carbocycles. The molecular weight excluding hydrogens is 324 g/mol. The molecule has 4 atom stereocenters. The second-order valence-corrected chi connectivity index (χ2v) is 6.21. The molecule has 25 heavy (non-hydrogen) atoms. The predicted octanol–water partition coefficient (Wildman–Crippen LogP) is 0.562. The Balaban J connectivity index is 1.40. The average molecular weight is 344 g/mol. The van der Waals surface area contributed by atoms with E-state index in [9.17, 15) is 4.79 Å². The van der Waals surface area contributed by atoms with Crippen LogP contribution in [0.5, 0.6) is 0 Å². The van der Waals surface area contributed by atoms with Crippen LogP contribution in [-0.2, 0) is 20.8 Å². The third-order valence-electron chi connectivity index (χ3n) is 4.68. The highest BCUT2D eigenvalue weighted by molar-refractivity contribution is 5.86. The topological polar surface area (TPSA) is 87.5 Å². The molecule has 2 fully saturated rings. The Bertz CT molecular complexity index is 735. The fourth-order valence-corrected chi connectivity index (χ4v) is 3.36. The van der Waals surface area contributed by atoms with Crippen molar-refractivity contribution in [3.05, 3.63) is 47.8 Å². The van der Waals surface area contributed by atoms with Gasteiger partial charge in [0.2, 0.25) is 0 Å². The van der Waals surface area contributed by atoms with Crippen LogP contribution in [-0.4, -0.2) is 59.5 Å². The summed E-state index contributed by atoms with van der Waals surface area (Å²) in [6, 6.07) is 10.2. The van der Waals surface area contributed by atoms with Crippen LogP contribution in [0.1, 0.15) is 22.1 Å².